The van der Waals surface area contributed by atoms with Crippen LogP contribution in [0, 0.1) is 0 Å². The topological polar surface area (TPSA) is 83.6 Å². The van der Waals surface area contributed by atoms with E-state index in [9.17, 15) is 18.0 Å². The quantitative estimate of drug-likeness (QED) is 0.771. The molecule has 1 aromatic rings. The minimum absolute atomic E-state index is 0.0211. The van der Waals surface area contributed by atoms with Gasteiger partial charge in [-0.25, -0.2) is 8.42 Å². The number of hydrogen-bond donors (Lipinski definition) is 1. The molecule has 1 atom stereocenters. The monoisotopic (exact) mass is 350 g/mol. The van der Waals surface area contributed by atoms with Crippen LogP contribution >= 0.6 is 0 Å². The van der Waals surface area contributed by atoms with Crippen LogP contribution in [0.4, 0.5) is 0 Å². The highest BCUT2D eigenvalue weighted by Gasteiger charge is 2.29. The van der Waals surface area contributed by atoms with E-state index in [2.05, 4.69) is 5.32 Å². The zero-order chi connectivity index (χ0) is 17.6. The molecule has 7 heteroatoms. The van der Waals surface area contributed by atoms with Crippen molar-refractivity contribution in [3.8, 4) is 0 Å². The van der Waals surface area contributed by atoms with E-state index < -0.39 is 9.84 Å². The van der Waals surface area contributed by atoms with Crippen LogP contribution in [0.15, 0.2) is 36.4 Å². The highest BCUT2D eigenvalue weighted by Crippen LogP contribution is 2.11. The summed E-state index contributed by atoms with van der Waals surface area (Å²) < 4.78 is 22.8. The van der Waals surface area contributed by atoms with Crippen molar-refractivity contribution in [1.29, 1.82) is 0 Å². The molecule has 1 aliphatic heterocycles. The van der Waals surface area contributed by atoms with Gasteiger partial charge in [0.1, 0.15) is 0 Å². The van der Waals surface area contributed by atoms with Crippen LogP contribution in [0.3, 0.4) is 0 Å². The third-order valence-corrected chi connectivity index (χ3v) is 5.61. The van der Waals surface area contributed by atoms with E-state index >= 15 is 0 Å². The summed E-state index contributed by atoms with van der Waals surface area (Å²) in [5.74, 6) is -0.503. The van der Waals surface area contributed by atoms with E-state index in [0.717, 1.165) is 5.56 Å². The molecule has 0 spiro atoms. The fraction of sp³-hybridized carbons (Fsp3) is 0.412. The van der Waals surface area contributed by atoms with Gasteiger partial charge in [-0.05, 0) is 25.0 Å². The van der Waals surface area contributed by atoms with E-state index in [1.165, 1.54) is 11.0 Å². The molecule has 1 aliphatic rings. The summed E-state index contributed by atoms with van der Waals surface area (Å²) in [5.41, 5.74) is 0.905. The Hall–Kier alpha value is -2.15. The molecule has 24 heavy (non-hydrogen) atoms. The van der Waals surface area contributed by atoms with Crippen molar-refractivity contribution in [2.45, 2.75) is 19.4 Å². The number of rotatable bonds is 6. The number of amides is 2. The zero-order valence-corrected chi connectivity index (χ0v) is 14.5. The predicted molar refractivity (Wildman–Crippen MR) is 92.9 cm³/mol. The predicted octanol–water partition coefficient (Wildman–Crippen LogP) is 0.852. The van der Waals surface area contributed by atoms with Gasteiger partial charge in [-0.1, -0.05) is 30.3 Å². The van der Waals surface area contributed by atoms with E-state index in [0.29, 0.717) is 13.0 Å². The van der Waals surface area contributed by atoms with Gasteiger partial charge >= 0.3 is 0 Å². The molecular weight excluding hydrogens is 328 g/mol. The Labute approximate surface area is 142 Å². The van der Waals surface area contributed by atoms with Gasteiger partial charge in [0, 0.05) is 18.7 Å². The van der Waals surface area contributed by atoms with Gasteiger partial charge in [-0.2, -0.15) is 0 Å². The van der Waals surface area contributed by atoms with Gasteiger partial charge in [0.05, 0.1) is 18.1 Å². The third kappa shape index (κ3) is 5.49. The number of benzene rings is 1. The van der Waals surface area contributed by atoms with Crippen LogP contribution in [0.1, 0.15) is 18.9 Å². The van der Waals surface area contributed by atoms with Gasteiger partial charge in [-0.3, -0.25) is 9.59 Å². The Bertz CT molecular complexity index is 713. The maximum atomic E-state index is 12.2. The van der Waals surface area contributed by atoms with E-state index in [1.807, 2.05) is 30.3 Å². The van der Waals surface area contributed by atoms with Crippen molar-refractivity contribution in [3.63, 3.8) is 0 Å². The molecule has 130 valence electrons. The van der Waals surface area contributed by atoms with Crippen molar-refractivity contribution >= 4 is 27.7 Å². The summed E-state index contributed by atoms with van der Waals surface area (Å²) >= 11 is 0. The first-order chi connectivity index (χ1) is 11.4. The average molecular weight is 350 g/mol. The molecule has 0 radical (unpaired) electrons. The van der Waals surface area contributed by atoms with Crippen LogP contribution in [0.2, 0.25) is 0 Å². The lowest BCUT2D eigenvalue weighted by molar-refractivity contribution is -0.132. The molecule has 2 amide bonds. The Balaban J connectivity index is 1.87. The molecule has 2 rings (SSSR count). The van der Waals surface area contributed by atoms with Gasteiger partial charge in [0.2, 0.25) is 11.8 Å². The molecule has 0 aromatic heterocycles. The van der Waals surface area contributed by atoms with Gasteiger partial charge < -0.3 is 10.2 Å². The standard InChI is InChI=1S/C17H22N2O4S/c1-2-19(17(21)9-8-14-6-4-3-5-7-14)12-16(20)18-15-10-11-24(22,23)13-15/h3-9,15H,2,10-13H2,1H3,(H,18,20)/b9-8+/t15-/m0/s1. The minimum atomic E-state index is -3.04. The molecule has 1 heterocycles. The van der Waals surface area contributed by atoms with Crippen LogP contribution in [-0.2, 0) is 19.4 Å². The van der Waals surface area contributed by atoms with Gasteiger partial charge in [0.15, 0.2) is 9.84 Å². The van der Waals surface area contributed by atoms with Crippen molar-refractivity contribution in [3.05, 3.63) is 42.0 Å². The summed E-state index contributed by atoms with van der Waals surface area (Å²) in [6.45, 7) is 2.11. The molecule has 1 N–H and O–H groups in total. The SMILES string of the molecule is CCN(CC(=O)N[C@H]1CCS(=O)(=O)C1)C(=O)/C=C/c1ccccc1. The smallest absolute Gasteiger partial charge is 0.247 e. The average Bonchev–Trinajstić information content (AvgIpc) is 2.89. The number of carbonyl (C=O) groups is 2. The second-order valence-corrected chi connectivity index (χ2v) is 7.99. The van der Waals surface area contributed by atoms with E-state index in [-0.39, 0.29) is 35.9 Å². The molecule has 1 fully saturated rings. The third-order valence-electron chi connectivity index (χ3n) is 3.84. The number of hydrogen-bond acceptors (Lipinski definition) is 4. The Morgan fingerprint density at radius 2 is 2.00 bits per heavy atom. The van der Waals surface area contributed by atoms with Crippen LogP contribution in [0.25, 0.3) is 6.08 Å². The lowest BCUT2D eigenvalue weighted by Crippen LogP contribution is -2.44. The second-order valence-electron chi connectivity index (χ2n) is 5.76. The Morgan fingerprint density at radius 1 is 1.29 bits per heavy atom. The molecule has 1 aromatic carbocycles. The minimum Gasteiger partial charge on any atom is -0.351 e. The molecule has 1 saturated heterocycles. The number of sulfone groups is 1. The molecule has 6 nitrogen and oxygen atoms in total. The number of nitrogens with zero attached hydrogens (tertiary/aromatic N) is 1. The van der Waals surface area contributed by atoms with Crippen LogP contribution in [-0.4, -0.2) is 55.8 Å². The first-order valence-corrected chi connectivity index (χ1v) is 9.73. The first kappa shape index (κ1) is 18.2. The van der Waals surface area contributed by atoms with Crippen molar-refractivity contribution in [2.75, 3.05) is 24.6 Å². The van der Waals surface area contributed by atoms with Gasteiger partial charge in [0.25, 0.3) is 0 Å². The van der Waals surface area contributed by atoms with E-state index in [4.69, 9.17) is 0 Å². The van der Waals surface area contributed by atoms with Crippen LogP contribution in [0.5, 0.6) is 0 Å². The first-order valence-electron chi connectivity index (χ1n) is 7.91. The summed E-state index contributed by atoms with van der Waals surface area (Å²) in [5, 5.41) is 2.69. The lowest BCUT2D eigenvalue weighted by atomic mass is 10.2. The van der Waals surface area contributed by atoms with Crippen LogP contribution < -0.4 is 5.32 Å². The van der Waals surface area contributed by atoms with Crippen molar-refractivity contribution in [1.82, 2.24) is 10.2 Å². The number of carbonyl (C=O) groups excluding carboxylic acids is 2. The van der Waals surface area contributed by atoms with Crippen molar-refractivity contribution < 1.29 is 18.0 Å². The maximum Gasteiger partial charge on any atom is 0.247 e. The lowest BCUT2D eigenvalue weighted by Gasteiger charge is -2.20. The maximum absolute atomic E-state index is 12.2. The number of nitrogens with one attached hydrogen (secondary N) is 1. The fourth-order valence-corrected chi connectivity index (χ4v) is 4.21. The summed E-state index contributed by atoms with van der Waals surface area (Å²) in [7, 11) is -3.04. The summed E-state index contributed by atoms with van der Waals surface area (Å²) in [6, 6.07) is 9.07. The summed E-state index contributed by atoms with van der Waals surface area (Å²) in [6.07, 6.45) is 3.57. The number of likely N-dealkylation sites (N-methyl/N-ethyl adjacent to an activating group) is 1. The molecule has 0 aliphatic carbocycles. The highest BCUT2D eigenvalue weighted by molar-refractivity contribution is 7.91. The summed E-state index contributed by atoms with van der Waals surface area (Å²) in [4.78, 5) is 25.6. The van der Waals surface area contributed by atoms with Gasteiger partial charge in [-0.15, -0.1) is 0 Å². The normalized spacial score (nSPS) is 19.3. The zero-order valence-electron chi connectivity index (χ0n) is 13.6. The molecular formula is C17H22N2O4S. The van der Waals surface area contributed by atoms with Crippen molar-refractivity contribution in [2.24, 2.45) is 0 Å². The Morgan fingerprint density at radius 3 is 2.58 bits per heavy atom. The fourth-order valence-electron chi connectivity index (χ4n) is 2.54. The highest BCUT2D eigenvalue weighted by atomic mass is 32.2. The second kappa shape index (κ2) is 8.10. The molecule has 0 saturated carbocycles. The molecule has 0 unspecified atom stereocenters. The van der Waals surface area contributed by atoms with E-state index in [1.54, 1.807) is 13.0 Å². The Kier molecular flexibility index (Phi) is 6.14. The largest absolute Gasteiger partial charge is 0.351 e. The molecule has 0 bridgehead atoms.